The van der Waals surface area contributed by atoms with Gasteiger partial charge in [-0.3, -0.25) is 0 Å². The highest BCUT2D eigenvalue weighted by molar-refractivity contribution is 5.32. The van der Waals surface area contributed by atoms with Crippen molar-refractivity contribution in [2.24, 2.45) is 50.7 Å². The maximum Gasteiger partial charge on any atom is 0.0632 e. The number of hydrogen-bond donors (Lipinski definition) is 3. The third-order valence-corrected chi connectivity index (χ3v) is 12.3. The van der Waals surface area contributed by atoms with Crippen molar-refractivity contribution in [1.82, 2.24) is 0 Å². The first-order valence-electron chi connectivity index (χ1n) is 13.5. The summed E-state index contributed by atoms with van der Waals surface area (Å²) < 4.78 is 0. The molecule has 3 heteroatoms. The van der Waals surface area contributed by atoms with Crippen molar-refractivity contribution in [3.8, 4) is 0 Å². The Balaban J connectivity index is 1.56. The molecule has 9 atom stereocenters. The number of fused-ring (bicyclic) bond motifs is 7. The van der Waals surface area contributed by atoms with Gasteiger partial charge in [0.15, 0.2) is 0 Å². The monoisotopic (exact) mass is 444 g/mol. The lowest BCUT2D eigenvalue weighted by Crippen LogP contribution is -2.63. The van der Waals surface area contributed by atoms with Crippen LogP contribution in [0.15, 0.2) is 11.6 Å². The quantitative estimate of drug-likeness (QED) is 0.453. The molecular weight excluding hydrogens is 396 g/mol. The van der Waals surface area contributed by atoms with Crippen molar-refractivity contribution >= 4 is 0 Å². The van der Waals surface area contributed by atoms with Crippen molar-refractivity contribution in [2.45, 2.75) is 112 Å². The summed E-state index contributed by atoms with van der Waals surface area (Å²) in [5.41, 5.74) is 1.79. The fourth-order valence-electron chi connectivity index (χ4n) is 10.3. The van der Waals surface area contributed by atoms with E-state index >= 15 is 0 Å². The maximum atomic E-state index is 11.6. The maximum absolute atomic E-state index is 11.6. The molecule has 0 aliphatic heterocycles. The second-order valence-corrected chi connectivity index (χ2v) is 14.6. The van der Waals surface area contributed by atoms with Gasteiger partial charge in [-0.1, -0.05) is 53.2 Å². The van der Waals surface area contributed by atoms with Gasteiger partial charge in [0.05, 0.1) is 18.8 Å². The van der Waals surface area contributed by atoms with Crippen LogP contribution in [-0.2, 0) is 0 Å². The number of rotatable bonds is 1. The summed E-state index contributed by atoms with van der Waals surface area (Å²) in [5.74, 6) is 2.11. The molecule has 0 aromatic carbocycles. The average molecular weight is 445 g/mol. The van der Waals surface area contributed by atoms with Gasteiger partial charge in [0.25, 0.3) is 0 Å². The summed E-state index contributed by atoms with van der Waals surface area (Å²) in [7, 11) is 0. The highest BCUT2D eigenvalue weighted by Crippen LogP contribution is 2.71. The molecule has 0 amide bonds. The van der Waals surface area contributed by atoms with E-state index in [0.717, 1.165) is 44.9 Å². The van der Waals surface area contributed by atoms with Gasteiger partial charge in [0.2, 0.25) is 0 Å². The molecule has 0 heterocycles. The van der Waals surface area contributed by atoms with E-state index in [2.05, 4.69) is 47.6 Å². The molecule has 0 aromatic rings. The summed E-state index contributed by atoms with van der Waals surface area (Å²) in [6, 6.07) is 0. The zero-order chi connectivity index (χ0) is 23.3. The number of hydrogen-bond acceptors (Lipinski definition) is 3. The Labute approximate surface area is 196 Å². The highest BCUT2D eigenvalue weighted by atomic mass is 16.3. The van der Waals surface area contributed by atoms with Crippen LogP contribution in [0.4, 0.5) is 0 Å². The molecule has 0 bridgehead atoms. The van der Waals surface area contributed by atoms with E-state index in [4.69, 9.17) is 0 Å². The van der Waals surface area contributed by atoms with Crippen molar-refractivity contribution < 1.29 is 15.3 Å². The molecule has 5 rings (SSSR count). The Kier molecular flexibility index (Phi) is 5.17. The third kappa shape index (κ3) is 2.89. The first-order valence-corrected chi connectivity index (χ1v) is 13.5. The molecule has 5 aliphatic carbocycles. The Morgan fingerprint density at radius 1 is 0.844 bits per heavy atom. The van der Waals surface area contributed by atoms with Crippen molar-refractivity contribution in [3.05, 3.63) is 11.6 Å². The predicted octanol–water partition coefficient (Wildman–Crippen LogP) is 5.72. The largest absolute Gasteiger partial charge is 0.396 e. The van der Waals surface area contributed by atoms with E-state index in [9.17, 15) is 15.3 Å². The molecular formula is C29H48O3. The van der Waals surface area contributed by atoms with Gasteiger partial charge in [-0.15, -0.1) is 0 Å². The van der Waals surface area contributed by atoms with E-state index in [1.54, 1.807) is 5.57 Å². The van der Waals surface area contributed by atoms with Gasteiger partial charge < -0.3 is 15.3 Å². The minimum atomic E-state index is -0.412. The molecule has 3 nitrogen and oxygen atoms in total. The van der Waals surface area contributed by atoms with Crippen LogP contribution in [0.2, 0.25) is 0 Å². The Morgan fingerprint density at radius 2 is 1.56 bits per heavy atom. The van der Waals surface area contributed by atoms with Gasteiger partial charge in [-0.2, -0.15) is 0 Å². The second-order valence-electron chi connectivity index (χ2n) is 14.6. The van der Waals surface area contributed by atoms with Crippen molar-refractivity contribution in [2.75, 3.05) is 6.61 Å². The third-order valence-electron chi connectivity index (χ3n) is 12.3. The van der Waals surface area contributed by atoms with Crippen LogP contribution in [0, 0.1) is 50.7 Å². The average Bonchev–Trinajstić information content (AvgIpc) is 2.71. The zero-order valence-corrected chi connectivity index (χ0v) is 21.5. The van der Waals surface area contributed by atoms with Gasteiger partial charge in [0, 0.05) is 5.41 Å². The van der Waals surface area contributed by atoms with Crippen LogP contribution in [0.3, 0.4) is 0 Å². The summed E-state index contributed by atoms with van der Waals surface area (Å²) >= 11 is 0. The Morgan fingerprint density at radius 3 is 2.25 bits per heavy atom. The van der Waals surface area contributed by atoms with Gasteiger partial charge in [-0.25, -0.2) is 0 Å². The van der Waals surface area contributed by atoms with E-state index < -0.39 is 6.10 Å². The molecule has 182 valence electrons. The number of aliphatic hydroxyl groups is 3. The molecule has 4 saturated carbocycles. The fraction of sp³-hybridized carbons (Fsp3) is 0.931. The van der Waals surface area contributed by atoms with Crippen molar-refractivity contribution in [1.29, 1.82) is 0 Å². The van der Waals surface area contributed by atoms with Gasteiger partial charge in [0.1, 0.15) is 0 Å². The number of aliphatic hydroxyl groups excluding tert-OH is 3. The van der Waals surface area contributed by atoms with E-state index in [1.807, 2.05) is 0 Å². The predicted molar refractivity (Wildman–Crippen MR) is 129 cm³/mol. The minimum absolute atomic E-state index is 0.0195. The van der Waals surface area contributed by atoms with E-state index in [0.29, 0.717) is 23.7 Å². The van der Waals surface area contributed by atoms with E-state index in [1.165, 1.54) is 12.8 Å². The molecule has 0 saturated heterocycles. The van der Waals surface area contributed by atoms with Gasteiger partial charge >= 0.3 is 0 Å². The highest BCUT2D eigenvalue weighted by Gasteiger charge is 2.65. The normalized spacial score (nSPS) is 53.8. The smallest absolute Gasteiger partial charge is 0.0632 e. The summed E-state index contributed by atoms with van der Waals surface area (Å²) in [6.07, 6.45) is 11.5. The topological polar surface area (TPSA) is 60.7 Å². The standard InChI is InChI=1S/C29H48O3/c1-25(2)13-14-29(17-30)21(15-25)20-8-7-18-19(28(20,6)16-24(29)32)9-10-22-26(3,4)23(31)11-12-27(18,22)5/h8,18-19,21-24,30-32H,7,9-17H2,1-6H3/t18-,19+,21-,22-,23-,24-,27+,28-,29+/m0/s1. The first-order chi connectivity index (χ1) is 14.8. The molecule has 0 spiro atoms. The molecule has 32 heavy (non-hydrogen) atoms. The van der Waals surface area contributed by atoms with Crippen LogP contribution in [-0.4, -0.2) is 34.1 Å². The molecule has 0 aromatic heterocycles. The fourth-order valence-corrected chi connectivity index (χ4v) is 10.3. The zero-order valence-electron chi connectivity index (χ0n) is 21.5. The molecule has 0 radical (unpaired) electrons. The molecule has 4 fully saturated rings. The minimum Gasteiger partial charge on any atom is -0.396 e. The van der Waals surface area contributed by atoms with Crippen LogP contribution < -0.4 is 0 Å². The van der Waals surface area contributed by atoms with E-state index in [-0.39, 0.29) is 39.8 Å². The number of allylic oxidation sites excluding steroid dienone is 2. The van der Waals surface area contributed by atoms with Gasteiger partial charge in [-0.05, 0) is 103 Å². The Hall–Kier alpha value is -0.380. The summed E-state index contributed by atoms with van der Waals surface area (Å²) in [4.78, 5) is 0. The molecule has 0 unspecified atom stereocenters. The second kappa shape index (κ2) is 7.08. The van der Waals surface area contributed by atoms with Crippen LogP contribution in [0.1, 0.15) is 99.3 Å². The first kappa shape index (κ1) is 23.4. The molecule has 5 aliphatic rings. The lowest BCUT2D eigenvalue weighted by atomic mass is 9.37. The summed E-state index contributed by atoms with van der Waals surface area (Å²) in [6.45, 7) is 14.5. The lowest BCUT2D eigenvalue weighted by molar-refractivity contribution is -0.187. The SMILES string of the molecule is CC1(C)CC[C@]2(CO)[C@@H](O)C[C@]3(C)C(=CC[C@H]4[C@H]3CC[C@H]3C(C)(C)[C@@H](O)CC[C@]43C)[C@@H]2C1. The van der Waals surface area contributed by atoms with Crippen LogP contribution in [0.5, 0.6) is 0 Å². The van der Waals surface area contributed by atoms with Crippen LogP contribution in [0.25, 0.3) is 0 Å². The van der Waals surface area contributed by atoms with Crippen molar-refractivity contribution in [3.63, 3.8) is 0 Å². The lowest BCUT2D eigenvalue weighted by Gasteiger charge is -2.68. The Bertz CT molecular complexity index is 798. The summed E-state index contributed by atoms with van der Waals surface area (Å²) in [5, 5.41) is 33.0. The van der Waals surface area contributed by atoms with Crippen LogP contribution >= 0.6 is 0 Å². The molecule has 3 N–H and O–H groups in total.